The van der Waals surface area contributed by atoms with Gasteiger partial charge in [-0.05, 0) is 125 Å². The third-order valence-electron chi connectivity index (χ3n) is 11.7. The molecule has 236 valence electrons. The largest absolute Gasteiger partial charge is 0.444 e. The number of alkyl carbamates (subject to hydrolysis) is 1. The van der Waals surface area contributed by atoms with Crippen molar-refractivity contribution in [1.82, 2.24) is 10.6 Å². The molecule has 9 nitrogen and oxygen atoms in total. The first-order valence-corrected chi connectivity index (χ1v) is 17.4. The predicted molar refractivity (Wildman–Crippen MR) is 158 cm³/mol. The molecule has 0 aromatic rings. The SMILES string of the molecule is C[C@H](CCC(=O)NCCS(=O)(=O)O)[C@H]1CC[C@H]2[C@@H]3[C@@H](O)CC4CC(NC(=O)OC(C)(C)C)CC[C@]4(C)[C@H]3CC[C@]12C. The van der Waals surface area contributed by atoms with Gasteiger partial charge in [-0.25, -0.2) is 4.79 Å². The van der Waals surface area contributed by atoms with E-state index in [0.717, 1.165) is 57.8 Å². The molecule has 10 heteroatoms. The molecule has 0 radical (unpaired) electrons. The lowest BCUT2D eigenvalue weighted by atomic mass is 9.43. The number of hydrogen-bond acceptors (Lipinski definition) is 6. The summed E-state index contributed by atoms with van der Waals surface area (Å²) in [5.41, 5.74) is -0.214. The van der Waals surface area contributed by atoms with Crippen LogP contribution in [0.1, 0.15) is 106 Å². The van der Waals surface area contributed by atoms with E-state index < -0.39 is 21.5 Å². The minimum absolute atomic E-state index is 0.0756. The predicted octanol–water partition coefficient (Wildman–Crippen LogP) is 4.93. The second kappa shape index (κ2) is 11.9. The van der Waals surface area contributed by atoms with Gasteiger partial charge in [0.1, 0.15) is 5.60 Å². The molecule has 2 amide bonds. The van der Waals surface area contributed by atoms with Crippen molar-refractivity contribution < 1.29 is 32.4 Å². The average Bonchev–Trinajstić information content (AvgIpc) is 3.18. The van der Waals surface area contributed by atoms with E-state index in [2.05, 4.69) is 31.4 Å². The van der Waals surface area contributed by atoms with E-state index in [0.29, 0.717) is 41.9 Å². The van der Waals surface area contributed by atoms with Crippen LogP contribution in [0.3, 0.4) is 0 Å². The van der Waals surface area contributed by atoms with E-state index in [-0.39, 0.29) is 41.5 Å². The van der Waals surface area contributed by atoms with Crippen LogP contribution in [0.5, 0.6) is 0 Å². The minimum Gasteiger partial charge on any atom is -0.444 e. The first-order valence-electron chi connectivity index (χ1n) is 15.8. The molecule has 4 rings (SSSR count). The molecule has 4 N–H and O–H groups in total. The molecule has 4 fully saturated rings. The first kappa shape index (κ1) is 32.5. The van der Waals surface area contributed by atoms with Gasteiger partial charge in [0.15, 0.2) is 0 Å². The van der Waals surface area contributed by atoms with E-state index in [1.54, 1.807) is 0 Å². The Balaban J connectivity index is 1.36. The second-order valence-corrected chi connectivity index (χ2v) is 16.9. The molecule has 0 aliphatic heterocycles. The standard InChI is InChI=1S/C31H54N2O7S/c1-19(7-10-26(35)32-15-16-41(37,38)39)22-8-9-23-27-24(12-14-31(22,23)6)30(5)13-11-21(17-20(30)18-25(27)34)33-28(36)40-29(2,3)4/h19-25,27,34H,7-18H2,1-6H3,(H,32,35)(H,33,36)(H,37,38,39)/t19-,20?,21?,22-,23+,24+,25+,27+,30+,31-/m1/s1. The van der Waals surface area contributed by atoms with Crippen LogP contribution < -0.4 is 10.6 Å². The van der Waals surface area contributed by atoms with E-state index in [4.69, 9.17) is 9.29 Å². The van der Waals surface area contributed by atoms with Gasteiger partial charge in [0.05, 0.1) is 11.9 Å². The Hall–Kier alpha value is -1.39. The molecule has 41 heavy (non-hydrogen) atoms. The molecule has 0 heterocycles. The Morgan fingerprint density at radius 3 is 2.34 bits per heavy atom. The lowest BCUT2D eigenvalue weighted by Crippen LogP contribution is -2.59. The number of ether oxygens (including phenoxy) is 1. The van der Waals surface area contributed by atoms with Gasteiger partial charge in [0.2, 0.25) is 5.91 Å². The van der Waals surface area contributed by atoms with Crippen molar-refractivity contribution in [3.05, 3.63) is 0 Å². The van der Waals surface area contributed by atoms with Crippen LogP contribution in [-0.4, -0.2) is 60.1 Å². The van der Waals surface area contributed by atoms with Crippen LogP contribution in [0.4, 0.5) is 4.79 Å². The van der Waals surface area contributed by atoms with Crippen molar-refractivity contribution in [2.24, 2.45) is 46.3 Å². The molecular formula is C31H54N2O7S. The summed E-state index contributed by atoms with van der Waals surface area (Å²) in [4.78, 5) is 24.7. The van der Waals surface area contributed by atoms with Crippen molar-refractivity contribution in [2.75, 3.05) is 12.3 Å². The molecule has 0 aromatic carbocycles. The summed E-state index contributed by atoms with van der Waals surface area (Å²) in [7, 11) is -4.08. The number of aliphatic hydroxyl groups excluding tert-OH is 1. The van der Waals surface area contributed by atoms with Gasteiger partial charge in [0.25, 0.3) is 10.1 Å². The van der Waals surface area contributed by atoms with Crippen LogP contribution in [0.15, 0.2) is 0 Å². The number of carbonyl (C=O) groups is 2. The van der Waals surface area contributed by atoms with E-state index in [1.807, 2.05) is 20.8 Å². The van der Waals surface area contributed by atoms with Crippen molar-refractivity contribution in [2.45, 2.75) is 123 Å². The highest BCUT2D eigenvalue weighted by molar-refractivity contribution is 7.85. The monoisotopic (exact) mass is 598 g/mol. The lowest BCUT2D eigenvalue weighted by molar-refractivity contribution is -0.166. The molecule has 0 saturated heterocycles. The van der Waals surface area contributed by atoms with Crippen LogP contribution in [0.25, 0.3) is 0 Å². The van der Waals surface area contributed by atoms with E-state index >= 15 is 0 Å². The van der Waals surface area contributed by atoms with Crippen molar-refractivity contribution in [3.8, 4) is 0 Å². The van der Waals surface area contributed by atoms with Gasteiger partial charge in [-0.15, -0.1) is 0 Å². The molecule has 4 saturated carbocycles. The van der Waals surface area contributed by atoms with Gasteiger partial charge < -0.3 is 20.5 Å². The maximum Gasteiger partial charge on any atom is 0.407 e. The van der Waals surface area contributed by atoms with Crippen LogP contribution >= 0.6 is 0 Å². The highest BCUT2D eigenvalue weighted by atomic mass is 32.2. The van der Waals surface area contributed by atoms with Crippen molar-refractivity contribution in [1.29, 1.82) is 0 Å². The van der Waals surface area contributed by atoms with Gasteiger partial charge in [-0.3, -0.25) is 9.35 Å². The lowest BCUT2D eigenvalue weighted by Gasteiger charge is -2.62. The zero-order chi connectivity index (χ0) is 30.4. The molecule has 2 unspecified atom stereocenters. The third-order valence-corrected chi connectivity index (χ3v) is 12.4. The van der Waals surface area contributed by atoms with Crippen LogP contribution in [0.2, 0.25) is 0 Å². The number of nitrogens with one attached hydrogen (secondary N) is 2. The smallest absolute Gasteiger partial charge is 0.407 e. The molecule has 10 atom stereocenters. The van der Waals surface area contributed by atoms with Crippen LogP contribution in [-0.2, 0) is 19.6 Å². The zero-order valence-corrected chi connectivity index (χ0v) is 26.8. The Labute approximate surface area is 247 Å². The third kappa shape index (κ3) is 7.23. The molecule has 0 aromatic heterocycles. The number of aliphatic hydroxyl groups is 1. The van der Waals surface area contributed by atoms with Gasteiger partial charge in [-0.1, -0.05) is 20.8 Å². The summed E-state index contributed by atoms with van der Waals surface area (Å²) in [5, 5.41) is 17.4. The number of carbonyl (C=O) groups excluding carboxylic acids is 2. The van der Waals surface area contributed by atoms with Crippen molar-refractivity contribution in [3.63, 3.8) is 0 Å². The second-order valence-electron chi connectivity index (χ2n) is 15.3. The summed E-state index contributed by atoms with van der Waals surface area (Å²) in [6.07, 6.45) is 8.59. The minimum atomic E-state index is -4.08. The van der Waals surface area contributed by atoms with Gasteiger partial charge in [-0.2, -0.15) is 8.42 Å². The number of hydrogen-bond donors (Lipinski definition) is 4. The number of amides is 2. The average molecular weight is 599 g/mol. The Bertz CT molecular complexity index is 1070. The summed E-state index contributed by atoms with van der Waals surface area (Å²) in [5.74, 6) is 1.84. The molecule has 0 spiro atoms. The Kier molecular flexibility index (Phi) is 9.48. The fourth-order valence-corrected chi connectivity index (χ4v) is 10.1. The van der Waals surface area contributed by atoms with Gasteiger partial charge >= 0.3 is 6.09 Å². The highest BCUT2D eigenvalue weighted by Gasteiger charge is 2.63. The number of rotatable bonds is 8. The Morgan fingerprint density at radius 2 is 1.68 bits per heavy atom. The van der Waals surface area contributed by atoms with Crippen molar-refractivity contribution >= 4 is 22.1 Å². The molecular weight excluding hydrogens is 544 g/mol. The maximum absolute atomic E-state index is 12.4. The topological polar surface area (TPSA) is 142 Å². The summed E-state index contributed by atoms with van der Waals surface area (Å²) in [6.45, 7) is 12.7. The summed E-state index contributed by atoms with van der Waals surface area (Å²) < 4.78 is 36.2. The fraction of sp³-hybridized carbons (Fsp3) is 0.935. The first-order chi connectivity index (χ1) is 18.9. The van der Waals surface area contributed by atoms with E-state index in [1.165, 1.54) is 0 Å². The van der Waals surface area contributed by atoms with Gasteiger partial charge in [0, 0.05) is 19.0 Å². The summed E-state index contributed by atoms with van der Waals surface area (Å²) >= 11 is 0. The molecule has 4 aliphatic carbocycles. The highest BCUT2D eigenvalue weighted by Crippen LogP contribution is 2.68. The maximum atomic E-state index is 12.4. The number of fused-ring (bicyclic) bond motifs is 5. The quantitative estimate of drug-likeness (QED) is 0.290. The fourth-order valence-electron chi connectivity index (χ4n) is 9.77. The molecule has 0 bridgehead atoms. The normalized spacial score (nSPS) is 39.6. The van der Waals surface area contributed by atoms with Crippen LogP contribution in [0, 0.1) is 46.3 Å². The molecule has 4 aliphatic rings. The Morgan fingerprint density at radius 1 is 1.02 bits per heavy atom. The van der Waals surface area contributed by atoms with E-state index in [9.17, 15) is 23.1 Å². The summed E-state index contributed by atoms with van der Waals surface area (Å²) in [6, 6.07) is 0.0856. The zero-order valence-electron chi connectivity index (χ0n) is 25.9.